The van der Waals surface area contributed by atoms with Crippen molar-refractivity contribution >= 4 is 23.9 Å². The Morgan fingerprint density at radius 3 is 1.65 bits per heavy atom. The molecule has 10 heteroatoms. The summed E-state index contributed by atoms with van der Waals surface area (Å²) in [5.74, 6) is -2.52. The molecule has 0 unspecified atom stereocenters. The maximum atomic E-state index is 12.1. The molecular formula is C21H34O10. The molecule has 0 rings (SSSR count). The van der Waals surface area contributed by atoms with Crippen molar-refractivity contribution in [2.75, 3.05) is 13.7 Å². The minimum absolute atomic E-state index is 0.00291. The molecule has 178 valence electrons. The Labute approximate surface area is 182 Å². The van der Waals surface area contributed by atoms with Crippen LogP contribution in [0.5, 0.6) is 0 Å². The smallest absolute Gasteiger partial charge is 0.306 e. The van der Waals surface area contributed by atoms with Crippen LogP contribution >= 0.6 is 0 Å². The number of aliphatic hydroxyl groups is 1. The largest absolute Gasteiger partial charge is 0.461 e. The molecule has 0 saturated carbocycles. The predicted octanol–water partition coefficient (Wildman–Crippen LogP) is 1.82. The summed E-state index contributed by atoms with van der Waals surface area (Å²) in [6.07, 6.45) is -4.36. The van der Waals surface area contributed by atoms with Crippen LogP contribution in [0.1, 0.15) is 60.3 Å². The van der Waals surface area contributed by atoms with Crippen molar-refractivity contribution in [2.24, 2.45) is 0 Å². The molecule has 0 aromatic carbocycles. The van der Waals surface area contributed by atoms with Crippen molar-refractivity contribution in [3.05, 3.63) is 11.6 Å². The minimum atomic E-state index is -1.69. The zero-order chi connectivity index (χ0) is 24.0. The predicted molar refractivity (Wildman–Crippen MR) is 109 cm³/mol. The van der Waals surface area contributed by atoms with Crippen molar-refractivity contribution < 1.29 is 48.0 Å². The van der Waals surface area contributed by atoms with Gasteiger partial charge in [-0.25, -0.2) is 0 Å². The second-order valence-electron chi connectivity index (χ2n) is 6.38. The number of rotatable bonds is 14. The number of hydrogen-bond donors (Lipinski definition) is 1. The van der Waals surface area contributed by atoms with Crippen LogP contribution < -0.4 is 0 Å². The highest BCUT2D eigenvalue weighted by Gasteiger charge is 2.43. The zero-order valence-electron chi connectivity index (χ0n) is 19.0. The van der Waals surface area contributed by atoms with Gasteiger partial charge in [-0.3, -0.25) is 19.2 Å². The van der Waals surface area contributed by atoms with E-state index in [0.717, 1.165) is 0 Å². The molecule has 0 aliphatic rings. The summed E-state index contributed by atoms with van der Waals surface area (Å²) in [5, 5.41) is 10.3. The number of methoxy groups -OCH3 is 1. The summed E-state index contributed by atoms with van der Waals surface area (Å²) in [7, 11) is 1.17. The van der Waals surface area contributed by atoms with Crippen molar-refractivity contribution in [1.29, 1.82) is 0 Å². The van der Waals surface area contributed by atoms with Crippen LogP contribution in [-0.4, -0.2) is 67.3 Å². The quantitative estimate of drug-likeness (QED) is 0.182. The molecule has 0 radical (unpaired) electrons. The highest BCUT2D eigenvalue weighted by atomic mass is 16.7. The summed E-state index contributed by atoms with van der Waals surface area (Å²) >= 11 is 0. The molecule has 0 heterocycles. The molecule has 10 nitrogen and oxygen atoms in total. The molecule has 0 spiro atoms. The van der Waals surface area contributed by atoms with Gasteiger partial charge in [0.05, 0.1) is 0 Å². The van der Waals surface area contributed by atoms with E-state index in [0.29, 0.717) is 0 Å². The Morgan fingerprint density at radius 1 is 0.774 bits per heavy atom. The van der Waals surface area contributed by atoms with E-state index in [1.807, 2.05) is 0 Å². The lowest BCUT2D eigenvalue weighted by molar-refractivity contribution is -0.222. The van der Waals surface area contributed by atoms with Gasteiger partial charge in [0.25, 0.3) is 0 Å². The molecule has 0 fully saturated rings. The Hall–Kier alpha value is -2.46. The van der Waals surface area contributed by atoms with E-state index in [4.69, 9.17) is 23.7 Å². The first-order valence-electron chi connectivity index (χ1n) is 10.3. The summed E-state index contributed by atoms with van der Waals surface area (Å²) in [5.41, 5.74) is 0.276. The van der Waals surface area contributed by atoms with E-state index in [1.54, 1.807) is 34.6 Å². The van der Waals surface area contributed by atoms with Crippen LogP contribution in [-0.2, 0) is 42.9 Å². The van der Waals surface area contributed by atoms with Gasteiger partial charge < -0.3 is 28.8 Å². The lowest BCUT2D eigenvalue weighted by Gasteiger charge is -2.35. The average Bonchev–Trinajstić information content (AvgIpc) is 2.79. The summed E-state index contributed by atoms with van der Waals surface area (Å²) in [6.45, 7) is 7.63. The van der Waals surface area contributed by atoms with Crippen molar-refractivity contribution in [3.63, 3.8) is 0 Å². The first kappa shape index (κ1) is 28.5. The minimum Gasteiger partial charge on any atom is -0.461 e. The summed E-state index contributed by atoms with van der Waals surface area (Å²) < 4.78 is 26.3. The standard InChI is InChI=1S/C21H34O10/c1-7-13(12-28-14(22)8-2)18(29-15(23)9-3)19(30-16(24)10-4)20(21(26)27-6)31-17(25)11-5/h7,18-21,26H,8-12H2,1-6H3/b13-7-/t18-,19+,20+,21-/m1/s1. The highest BCUT2D eigenvalue weighted by molar-refractivity contribution is 5.72. The Bertz CT molecular complexity index is 628. The number of allylic oxidation sites excluding steroid dienone is 1. The SMILES string of the molecule is C/C=C(/COC(=O)CC)[C@@H](OC(=O)CC)[C@H](OC(=O)CC)[C@H](OC(=O)CC)[C@H](O)OC. The van der Waals surface area contributed by atoms with E-state index in [9.17, 15) is 24.3 Å². The van der Waals surface area contributed by atoms with Gasteiger partial charge >= 0.3 is 23.9 Å². The van der Waals surface area contributed by atoms with E-state index in [1.165, 1.54) is 13.2 Å². The second kappa shape index (κ2) is 15.4. The maximum absolute atomic E-state index is 12.1. The van der Waals surface area contributed by atoms with Gasteiger partial charge in [-0.2, -0.15) is 0 Å². The fraction of sp³-hybridized carbons (Fsp3) is 0.714. The molecule has 0 aromatic rings. The van der Waals surface area contributed by atoms with Crippen molar-refractivity contribution in [1.82, 2.24) is 0 Å². The molecule has 0 saturated heterocycles. The van der Waals surface area contributed by atoms with E-state index in [2.05, 4.69) is 0 Å². The number of aliphatic hydroxyl groups excluding tert-OH is 1. The van der Waals surface area contributed by atoms with Gasteiger partial charge in [-0.15, -0.1) is 0 Å². The lowest BCUT2D eigenvalue weighted by Crippen LogP contribution is -2.52. The Morgan fingerprint density at radius 2 is 1.23 bits per heavy atom. The number of carbonyl (C=O) groups excluding carboxylic acids is 4. The zero-order valence-corrected chi connectivity index (χ0v) is 19.0. The fourth-order valence-electron chi connectivity index (χ4n) is 2.37. The fourth-order valence-corrected chi connectivity index (χ4v) is 2.37. The van der Waals surface area contributed by atoms with Crippen LogP contribution in [0.15, 0.2) is 11.6 Å². The number of hydrogen-bond acceptors (Lipinski definition) is 10. The van der Waals surface area contributed by atoms with Gasteiger partial charge in [-0.1, -0.05) is 33.8 Å². The third-order valence-electron chi connectivity index (χ3n) is 4.23. The lowest BCUT2D eigenvalue weighted by atomic mass is 9.99. The van der Waals surface area contributed by atoms with Crippen LogP contribution in [0.25, 0.3) is 0 Å². The molecule has 1 N–H and O–H groups in total. The normalized spacial score (nSPS) is 15.3. The van der Waals surface area contributed by atoms with Crippen molar-refractivity contribution in [3.8, 4) is 0 Å². The maximum Gasteiger partial charge on any atom is 0.306 e. The van der Waals surface area contributed by atoms with Crippen LogP contribution in [0.4, 0.5) is 0 Å². The summed E-state index contributed by atoms with van der Waals surface area (Å²) in [4.78, 5) is 47.9. The molecule has 31 heavy (non-hydrogen) atoms. The first-order valence-corrected chi connectivity index (χ1v) is 10.3. The number of carbonyl (C=O) groups is 4. The van der Waals surface area contributed by atoms with E-state index < -0.39 is 48.5 Å². The van der Waals surface area contributed by atoms with Gasteiger partial charge in [0, 0.05) is 38.4 Å². The van der Waals surface area contributed by atoms with Crippen LogP contribution in [0.2, 0.25) is 0 Å². The molecule has 0 amide bonds. The summed E-state index contributed by atoms with van der Waals surface area (Å²) in [6, 6.07) is 0. The second-order valence-corrected chi connectivity index (χ2v) is 6.38. The van der Waals surface area contributed by atoms with Gasteiger partial charge in [-0.05, 0) is 6.92 Å². The first-order chi connectivity index (χ1) is 14.7. The van der Waals surface area contributed by atoms with Crippen molar-refractivity contribution in [2.45, 2.75) is 84.9 Å². The molecule has 0 bridgehead atoms. The van der Waals surface area contributed by atoms with Gasteiger partial charge in [0.15, 0.2) is 24.6 Å². The molecule has 0 aliphatic heterocycles. The van der Waals surface area contributed by atoms with Gasteiger partial charge in [0.1, 0.15) is 6.61 Å². The molecule has 0 aromatic heterocycles. The highest BCUT2D eigenvalue weighted by Crippen LogP contribution is 2.24. The molecular weight excluding hydrogens is 412 g/mol. The van der Waals surface area contributed by atoms with E-state index in [-0.39, 0.29) is 37.9 Å². The number of ether oxygens (including phenoxy) is 5. The number of esters is 4. The molecule has 4 atom stereocenters. The Balaban J connectivity index is 6.31. The van der Waals surface area contributed by atoms with Gasteiger partial charge in [0.2, 0.25) is 0 Å². The molecule has 0 aliphatic carbocycles. The topological polar surface area (TPSA) is 135 Å². The van der Waals surface area contributed by atoms with E-state index >= 15 is 0 Å². The van der Waals surface area contributed by atoms with Crippen LogP contribution in [0, 0.1) is 0 Å². The average molecular weight is 446 g/mol. The third-order valence-corrected chi connectivity index (χ3v) is 4.23. The van der Waals surface area contributed by atoms with Crippen LogP contribution in [0.3, 0.4) is 0 Å². The Kier molecular flexibility index (Phi) is 14.1. The third kappa shape index (κ3) is 9.93. The monoisotopic (exact) mass is 446 g/mol.